The smallest absolute Gasteiger partial charge is 0.294 e. The largest absolute Gasteiger partial charge is 0.329 e. The molecule has 0 spiro atoms. The Labute approximate surface area is 109 Å². The summed E-state index contributed by atoms with van der Waals surface area (Å²) >= 11 is 1.29. The molecule has 0 aromatic carbocycles. The number of rotatable bonds is 5. The van der Waals surface area contributed by atoms with Gasteiger partial charge in [0, 0.05) is 24.2 Å². The number of carbonyl (C=O) groups excluding carboxylic acids is 1. The molecule has 0 radical (unpaired) electrons. The molecule has 0 aliphatic rings. The number of nitrogen functional groups attached to an aromatic ring is 1. The van der Waals surface area contributed by atoms with Gasteiger partial charge >= 0.3 is 0 Å². The van der Waals surface area contributed by atoms with Gasteiger partial charge in [-0.25, -0.2) is 15.8 Å². The average molecular weight is 265 g/mol. The molecule has 0 bridgehead atoms. The second-order valence-corrected chi connectivity index (χ2v) is 4.70. The van der Waals surface area contributed by atoms with E-state index in [1.54, 1.807) is 6.20 Å². The molecule has 18 heavy (non-hydrogen) atoms. The van der Waals surface area contributed by atoms with Crippen LogP contribution in [0.5, 0.6) is 0 Å². The molecule has 0 saturated heterocycles. The van der Waals surface area contributed by atoms with Crippen molar-refractivity contribution in [2.45, 2.75) is 26.3 Å². The molecule has 7 heteroatoms. The Kier molecular flexibility index (Phi) is 4.06. The maximum Gasteiger partial charge on any atom is 0.294 e. The Bertz CT molecular complexity index is 533. The second kappa shape index (κ2) is 5.74. The van der Waals surface area contributed by atoms with Crippen molar-refractivity contribution in [1.82, 2.24) is 20.0 Å². The minimum atomic E-state index is -0.356. The Morgan fingerprint density at radius 1 is 1.61 bits per heavy atom. The number of hydrogen-bond acceptors (Lipinski definition) is 5. The van der Waals surface area contributed by atoms with E-state index in [1.807, 2.05) is 16.1 Å². The van der Waals surface area contributed by atoms with E-state index in [1.165, 1.54) is 11.3 Å². The number of nitrogens with two attached hydrogens (primary N) is 1. The first kappa shape index (κ1) is 12.7. The first-order chi connectivity index (χ1) is 8.74. The fraction of sp³-hybridized carbons (Fsp3) is 0.364. The third-order valence-corrected chi connectivity index (χ3v) is 3.37. The van der Waals surface area contributed by atoms with Crippen LogP contribution in [0.4, 0.5) is 0 Å². The highest BCUT2D eigenvalue weighted by molar-refractivity contribution is 7.11. The predicted octanol–water partition coefficient (Wildman–Crippen LogP) is 0.944. The molecule has 2 rings (SSSR count). The molecule has 0 atom stereocenters. The summed E-state index contributed by atoms with van der Waals surface area (Å²) < 4.78 is 2.04. The van der Waals surface area contributed by atoms with E-state index in [-0.39, 0.29) is 5.91 Å². The molecule has 1 amide bonds. The average Bonchev–Trinajstić information content (AvgIpc) is 3.00. The van der Waals surface area contributed by atoms with Crippen molar-refractivity contribution in [2.75, 3.05) is 0 Å². The molecule has 0 aliphatic carbocycles. The third kappa shape index (κ3) is 2.74. The number of carbonyl (C=O) groups is 1. The summed E-state index contributed by atoms with van der Waals surface area (Å²) in [6.07, 6.45) is 5.69. The van der Waals surface area contributed by atoms with Gasteiger partial charge in [-0.05, 0) is 6.42 Å². The van der Waals surface area contributed by atoms with Crippen molar-refractivity contribution in [3.63, 3.8) is 0 Å². The third-order valence-electron chi connectivity index (χ3n) is 2.48. The van der Waals surface area contributed by atoms with E-state index < -0.39 is 0 Å². The van der Waals surface area contributed by atoms with Crippen LogP contribution in [0, 0.1) is 0 Å². The van der Waals surface area contributed by atoms with Gasteiger partial charge in [-0.2, -0.15) is 0 Å². The van der Waals surface area contributed by atoms with Crippen LogP contribution in [-0.2, 0) is 13.0 Å². The predicted molar refractivity (Wildman–Crippen MR) is 69.1 cm³/mol. The molecule has 2 aromatic rings. The van der Waals surface area contributed by atoms with Crippen LogP contribution in [0.3, 0.4) is 0 Å². The number of imidazole rings is 1. The lowest BCUT2D eigenvalue weighted by Gasteiger charge is -2.04. The summed E-state index contributed by atoms with van der Waals surface area (Å²) in [6, 6.07) is 0. The Balaban J connectivity index is 2.11. The maximum atomic E-state index is 11.3. The van der Waals surface area contributed by atoms with Crippen molar-refractivity contribution in [3.05, 3.63) is 34.3 Å². The Hall–Kier alpha value is -1.73. The van der Waals surface area contributed by atoms with Crippen molar-refractivity contribution in [2.24, 2.45) is 5.84 Å². The lowest BCUT2D eigenvalue weighted by molar-refractivity contribution is 0.0953. The number of amides is 1. The van der Waals surface area contributed by atoms with Crippen LogP contribution in [0.25, 0.3) is 0 Å². The Morgan fingerprint density at radius 3 is 3.17 bits per heavy atom. The Morgan fingerprint density at radius 2 is 2.44 bits per heavy atom. The summed E-state index contributed by atoms with van der Waals surface area (Å²) in [6.45, 7) is 2.75. The highest BCUT2D eigenvalue weighted by atomic mass is 32.1. The van der Waals surface area contributed by atoms with Gasteiger partial charge in [-0.1, -0.05) is 6.92 Å². The maximum absolute atomic E-state index is 11.3. The number of thiazole rings is 1. The lowest BCUT2D eigenvalue weighted by atomic mass is 10.3. The molecule has 2 aromatic heterocycles. The van der Waals surface area contributed by atoms with Gasteiger partial charge in [-0.15, -0.1) is 11.3 Å². The van der Waals surface area contributed by atoms with Crippen LogP contribution in [0.15, 0.2) is 17.8 Å². The van der Waals surface area contributed by atoms with Gasteiger partial charge in [0.25, 0.3) is 5.91 Å². The normalized spacial score (nSPS) is 10.6. The summed E-state index contributed by atoms with van der Waals surface area (Å²) in [5, 5.41) is 2.24. The van der Waals surface area contributed by atoms with Crippen molar-refractivity contribution in [1.29, 1.82) is 0 Å². The molecule has 0 unspecified atom stereocenters. The van der Waals surface area contributed by atoms with E-state index in [0.29, 0.717) is 11.6 Å². The number of nitrogens with zero attached hydrogens (tertiary/aromatic N) is 3. The molecule has 2 heterocycles. The van der Waals surface area contributed by atoms with Gasteiger partial charge in [0.1, 0.15) is 5.82 Å². The van der Waals surface area contributed by atoms with E-state index in [0.717, 1.165) is 24.4 Å². The minimum Gasteiger partial charge on any atom is -0.329 e. The van der Waals surface area contributed by atoms with Gasteiger partial charge in [0.05, 0.1) is 12.2 Å². The highest BCUT2D eigenvalue weighted by Gasteiger charge is 2.10. The van der Waals surface area contributed by atoms with Gasteiger partial charge < -0.3 is 4.57 Å². The zero-order valence-corrected chi connectivity index (χ0v) is 10.9. The van der Waals surface area contributed by atoms with Gasteiger partial charge in [0.2, 0.25) is 0 Å². The summed E-state index contributed by atoms with van der Waals surface area (Å²) in [5.74, 6) is 5.75. The van der Waals surface area contributed by atoms with Crippen LogP contribution >= 0.6 is 11.3 Å². The van der Waals surface area contributed by atoms with Crippen LogP contribution in [0.1, 0.15) is 34.7 Å². The van der Waals surface area contributed by atoms with E-state index in [2.05, 4.69) is 22.3 Å². The van der Waals surface area contributed by atoms with Gasteiger partial charge in [0.15, 0.2) is 5.01 Å². The fourth-order valence-corrected chi connectivity index (χ4v) is 2.37. The summed E-state index contributed by atoms with van der Waals surface area (Å²) in [5.41, 5.74) is 2.92. The quantitative estimate of drug-likeness (QED) is 0.478. The minimum absolute atomic E-state index is 0.356. The zero-order valence-electron chi connectivity index (χ0n) is 10.1. The summed E-state index contributed by atoms with van der Waals surface area (Å²) in [4.78, 5) is 19.8. The molecular weight excluding hydrogens is 250 g/mol. The van der Waals surface area contributed by atoms with Crippen LogP contribution in [0.2, 0.25) is 0 Å². The number of hydrazine groups is 1. The molecule has 96 valence electrons. The van der Waals surface area contributed by atoms with Gasteiger partial charge in [-0.3, -0.25) is 10.2 Å². The van der Waals surface area contributed by atoms with Crippen LogP contribution in [-0.4, -0.2) is 20.4 Å². The second-order valence-electron chi connectivity index (χ2n) is 3.84. The zero-order chi connectivity index (χ0) is 13.0. The number of aryl methyl sites for hydroxylation is 1. The van der Waals surface area contributed by atoms with Crippen molar-refractivity contribution < 1.29 is 4.79 Å². The van der Waals surface area contributed by atoms with Crippen molar-refractivity contribution >= 4 is 17.2 Å². The summed E-state index contributed by atoms with van der Waals surface area (Å²) in [7, 11) is 0. The van der Waals surface area contributed by atoms with E-state index in [4.69, 9.17) is 5.84 Å². The fourth-order valence-electron chi connectivity index (χ4n) is 1.66. The van der Waals surface area contributed by atoms with Crippen LogP contribution < -0.4 is 11.3 Å². The number of aromatic nitrogens is 3. The number of hydrogen-bond donors (Lipinski definition) is 2. The molecule has 0 fully saturated rings. The molecule has 0 saturated carbocycles. The topological polar surface area (TPSA) is 85.8 Å². The first-order valence-corrected chi connectivity index (χ1v) is 6.58. The molecule has 6 nitrogen and oxygen atoms in total. The van der Waals surface area contributed by atoms with Crippen molar-refractivity contribution in [3.8, 4) is 0 Å². The first-order valence-electron chi connectivity index (χ1n) is 5.70. The molecule has 3 N–H and O–H groups in total. The lowest BCUT2D eigenvalue weighted by Crippen LogP contribution is -2.29. The monoisotopic (exact) mass is 265 g/mol. The van der Waals surface area contributed by atoms with E-state index in [9.17, 15) is 4.79 Å². The molecule has 0 aliphatic heterocycles. The highest BCUT2D eigenvalue weighted by Crippen LogP contribution is 2.12. The van der Waals surface area contributed by atoms with E-state index >= 15 is 0 Å². The SMILES string of the molecule is CCCc1nccn1Cc1csc(C(=O)NN)n1. The number of nitrogens with one attached hydrogen (secondary N) is 1. The standard InChI is InChI=1S/C11H15N5OS/c1-2-3-9-13-4-5-16(9)6-8-7-18-11(14-8)10(17)15-12/h4-5,7H,2-3,6,12H2,1H3,(H,15,17). The molecular formula is C11H15N5OS.